The zero-order chi connectivity index (χ0) is 17.0. The molecular formula is C18H15FN4O. The van der Waals surface area contributed by atoms with Crippen molar-refractivity contribution < 1.29 is 9.13 Å². The van der Waals surface area contributed by atoms with E-state index in [-0.39, 0.29) is 5.82 Å². The van der Waals surface area contributed by atoms with Crippen molar-refractivity contribution >= 4 is 0 Å². The summed E-state index contributed by atoms with van der Waals surface area (Å²) < 4.78 is 19.5. The highest BCUT2D eigenvalue weighted by Gasteiger charge is 2.41. The number of nitriles is 1. The van der Waals surface area contributed by atoms with Gasteiger partial charge >= 0.3 is 0 Å². The van der Waals surface area contributed by atoms with Crippen molar-refractivity contribution in [2.24, 2.45) is 5.11 Å². The average Bonchev–Trinajstić information content (AvgIpc) is 2.98. The molecule has 120 valence electrons. The molecular weight excluding hydrogens is 307 g/mol. The Balaban J connectivity index is 2.03. The third-order valence-electron chi connectivity index (χ3n) is 4.30. The lowest BCUT2D eigenvalue weighted by Gasteiger charge is -2.30. The Morgan fingerprint density at radius 3 is 2.79 bits per heavy atom. The van der Waals surface area contributed by atoms with Gasteiger partial charge in [0.25, 0.3) is 0 Å². The van der Waals surface area contributed by atoms with Crippen LogP contribution in [0.15, 0.2) is 47.6 Å². The fourth-order valence-electron chi connectivity index (χ4n) is 3.21. The molecule has 0 aliphatic carbocycles. The molecule has 0 saturated carbocycles. The fourth-order valence-corrected chi connectivity index (χ4v) is 3.21. The van der Waals surface area contributed by atoms with E-state index in [1.165, 1.54) is 12.1 Å². The number of azide groups is 1. The maximum absolute atomic E-state index is 13.3. The van der Waals surface area contributed by atoms with Gasteiger partial charge in [-0.05, 0) is 59.3 Å². The number of benzene rings is 2. The van der Waals surface area contributed by atoms with Crippen LogP contribution in [0.1, 0.15) is 35.1 Å². The molecule has 0 spiro atoms. The molecule has 2 aromatic carbocycles. The van der Waals surface area contributed by atoms with E-state index in [1.807, 2.05) is 12.1 Å². The Morgan fingerprint density at radius 2 is 2.08 bits per heavy atom. The Hall–Kier alpha value is -2.87. The molecule has 5 nitrogen and oxygen atoms in total. The second-order valence-electron chi connectivity index (χ2n) is 5.66. The summed E-state index contributed by atoms with van der Waals surface area (Å²) in [6.07, 6.45) is 1.25. The maximum Gasteiger partial charge on any atom is 0.123 e. The van der Waals surface area contributed by atoms with Gasteiger partial charge in [-0.1, -0.05) is 23.3 Å². The minimum atomic E-state index is -0.706. The molecule has 2 aromatic rings. The molecule has 0 aromatic heterocycles. The van der Waals surface area contributed by atoms with Gasteiger partial charge in [-0.25, -0.2) is 4.39 Å². The number of halogens is 1. The second-order valence-corrected chi connectivity index (χ2v) is 5.66. The highest BCUT2D eigenvalue weighted by atomic mass is 19.1. The Kier molecular flexibility index (Phi) is 4.48. The molecule has 1 aliphatic rings. The first-order valence-electron chi connectivity index (χ1n) is 7.64. The number of nitrogens with zero attached hydrogens (tertiary/aromatic N) is 4. The van der Waals surface area contributed by atoms with E-state index in [2.05, 4.69) is 16.1 Å². The Labute approximate surface area is 138 Å². The van der Waals surface area contributed by atoms with Crippen LogP contribution in [-0.4, -0.2) is 6.54 Å². The lowest BCUT2D eigenvalue weighted by atomic mass is 9.81. The summed E-state index contributed by atoms with van der Waals surface area (Å²) in [6.45, 7) is 0.762. The van der Waals surface area contributed by atoms with Crippen LogP contribution in [0.5, 0.6) is 0 Å². The van der Waals surface area contributed by atoms with Crippen molar-refractivity contribution in [2.75, 3.05) is 6.54 Å². The van der Waals surface area contributed by atoms with Crippen molar-refractivity contribution in [3.63, 3.8) is 0 Å². The summed E-state index contributed by atoms with van der Waals surface area (Å²) in [4.78, 5) is 2.77. The third-order valence-corrected chi connectivity index (χ3v) is 4.30. The van der Waals surface area contributed by atoms with Crippen LogP contribution in [0.4, 0.5) is 4.39 Å². The van der Waals surface area contributed by atoms with Crippen LogP contribution in [-0.2, 0) is 16.9 Å². The Morgan fingerprint density at radius 1 is 1.29 bits per heavy atom. The Bertz CT molecular complexity index is 837. The largest absolute Gasteiger partial charge is 0.361 e. The third kappa shape index (κ3) is 2.83. The summed E-state index contributed by atoms with van der Waals surface area (Å²) in [5, 5.41) is 12.6. The van der Waals surface area contributed by atoms with Crippen molar-refractivity contribution in [3.8, 4) is 6.07 Å². The molecule has 0 N–H and O–H groups in total. The topological polar surface area (TPSA) is 81.8 Å². The molecule has 1 unspecified atom stereocenters. The van der Waals surface area contributed by atoms with Gasteiger partial charge in [0.2, 0.25) is 0 Å². The number of fused-ring (bicyclic) bond motifs is 1. The maximum atomic E-state index is 13.3. The molecule has 6 heteroatoms. The van der Waals surface area contributed by atoms with Gasteiger partial charge < -0.3 is 4.74 Å². The quantitative estimate of drug-likeness (QED) is 0.350. The zero-order valence-electron chi connectivity index (χ0n) is 12.9. The first-order valence-corrected chi connectivity index (χ1v) is 7.64. The smallest absolute Gasteiger partial charge is 0.123 e. The summed E-state index contributed by atoms with van der Waals surface area (Å²) in [6, 6.07) is 13.9. The van der Waals surface area contributed by atoms with Crippen LogP contribution < -0.4 is 0 Å². The number of hydrogen-bond acceptors (Lipinski definition) is 3. The van der Waals surface area contributed by atoms with Crippen LogP contribution >= 0.6 is 0 Å². The van der Waals surface area contributed by atoms with Crippen LogP contribution in [0.25, 0.3) is 10.4 Å². The van der Waals surface area contributed by atoms with E-state index in [0.717, 1.165) is 16.7 Å². The first kappa shape index (κ1) is 16.0. The summed E-state index contributed by atoms with van der Waals surface area (Å²) in [7, 11) is 0. The molecule has 0 bridgehead atoms. The first-order chi connectivity index (χ1) is 11.7. The van der Waals surface area contributed by atoms with Crippen molar-refractivity contribution in [1.82, 2.24) is 0 Å². The average molecular weight is 322 g/mol. The SMILES string of the molecule is N#Cc1ccc2c(c1)COC2(CCCN=[N+]=[N-])c1ccc(F)cc1. The molecule has 0 fully saturated rings. The van der Waals surface area contributed by atoms with E-state index >= 15 is 0 Å². The molecule has 1 aliphatic heterocycles. The zero-order valence-corrected chi connectivity index (χ0v) is 12.9. The monoisotopic (exact) mass is 322 g/mol. The van der Waals surface area contributed by atoms with Crippen LogP contribution in [0, 0.1) is 17.1 Å². The van der Waals surface area contributed by atoms with E-state index in [9.17, 15) is 4.39 Å². The molecule has 0 saturated heterocycles. The molecule has 0 amide bonds. The lowest BCUT2D eigenvalue weighted by Crippen LogP contribution is -2.27. The fraction of sp³-hybridized carbons (Fsp3) is 0.278. The van der Waals surface area contributed by atoms with Crippen LogP contribution in [0.3, 0.4) is 0 Å². The van der Waals surface area contributed by atoms with Gasteiger partial charge in [0.15, 0.2) is 0 Å². The van der Waals surface area contributed by atoms with Gasteiger partial charge in [-0.15, -0.1) is 0 Å². The van der Waals surface area contributed by atoms with E-state index in [1.54, 1.807) is 18.2 Å². The van der Waals surface area contributed by atoms with E-state index in [0.29, 0.717) is 31.6 Å². The van der Waals surface area contributed by atoms with E-state index in [4.69, 9.17) is 15.5 Å². The minimum Gasteiger partial charge on any atom is -0.361 e. The summed E-state index contributed by atoms with van der Waals surface area (Å²) in [5.41, 5.74) is 11.1. The predicted molar refractivity (Wildman–Crippen MR) is 86.4 cm³/mol. The number of rotatable bonds is 5. The highest BCUT2D eigenvalue weighted by Crippen LogP contribution is 2.45. The molecule has 3 rings (SSSR count). The minimum absolute atomic E-state index is 0.305. The van der Waals surface area contributed by atoms with Crippen molar-refractivity contribution in [1.29, 1.82) is 5.26 Å². The molecule has 0 radical (unpaired) electrons. The number of ether oxygens (including phenoxy) is 1. The van der Waals surface area contributed by atoms with Crippen LogP contribution in [0.2, 0.25) is 0 Å². The predicted octanol–water partition coefficient (Wildman–Crippen LogP) is 4.56. The van der Waals surface area contributed by atoms with Gasteiger partial charge in [-0.3, -0.25) is 0 Å². The molecule has 1 heterocycles. The van der Waals surface area contributed by atoms with E-state index < -0.39 is 5.60 Å². The normalized spacial score (nSPS) is 18.5. The molecule has 24 heavy (non-hydrogen) atoms. The number of hydrogen-bond donors (Lipinski definition) is 0. The standard InChI is InChI=1S/C18H15FN4O/c19-16-5-3-15(4-6-16)18(8-1-9-22-23-21)17-7-2-13(11-20)10-14(17)12-24-18/h2-7,10H,1,8-9,12H2. The van der Waals surface area contributed by atoms with Gasteiger partial charge in [-0.2, -0.15) is 5.26 Å². The highest BCUT2D eigenvalue weighted by molar-refractivity contribution is 5.47. The van der Waals surface area contributed by atoms with Crippen molar-refractivity contribution in [2.45, 2.75) is 25.0 Å². The van der Waals surface area contributed by atoms with Gasteiger partial charge in [0.05, 0.1) is 18.2 Å². The van der Waals surface area contributed by atoms with Gasteiger partial charge in [0.1, 0.15) is 11.4 Å². The van der Waals surface area contributed by atoms with Crippen molar-refractivity contribution in [3.05, 3.63) is 81.0 Å². The van der Waals surface area contributed by atoms with Gasteiger partial charge in [0, 0.05) is 11.5 Å². The second kappa shape index (κ2) is 6.71. The summed E-state index contributed by atoms with van der Waals surface area (Å²) >= 11 is 0. The lowest BCUT2D eigenvalue weighted by molar-refractivity contribution is -0.0126. The molecule has 1 atom stereocenters. The summed E-state index contributed by atoms with van der Waals surface area (Å²) in [5.74, 6) is -0.305.